The van der Waals surface area contributed by atoms with E-state index in [1.807, 2.05) is 6.92 Å². The number of rotatable bonds is 5. The quantitative estimate of drug-likeness (QED) is 0.754. The summed E-state index contributed by atoms with van der Waals surface area (Å²) in [5, 5.41) is 3.82. The molecule has 0 N–H and O–H groups in total. The molecular weight excluding hydrogens is 302 g/mol. The standard InChI is InChI=1S/C15H21N3O5/c1-3-10-6-11(16-23-10)15(20)17-7-12-13(8-17)22-9-14(19)18(12)4-5-21-2/h6,12-13H,3-5,7-9H2,1-2H3/t12-,13-/m0/s1. The summed E-state index contributed by atoms with van der Waals surface area (Å²) in [5.74, 6) is 0.427. The Morgan fingerprint density at radius 1 is 1.48 bits per heavy atom. The summed E-state index contributed by atoms with van der Waals surface area (Å²) in [5.41, 5.74) is 0.301. The maximum atomic E-state index is 12.5. The molecule has 2 aliphatic rings. The fourth-order valence-corrected chi connectivity index (χ4v) is 3.05. The largest absolute Gasteiger partial charge is 0.383 e. The van der Waals surface area contributed by atoms with Gasteiger partial charge in [0, 0.05) is 39.2 Å². The van der Waals surface area contributed by atoms with E-state index in [4.69, 9.17) is 14.0 Å². The van der Waals surface area contributed by atoms with Crippen LogP contribution in [0.15, 0.2) is 10.6 Å². The number of fused-ring (bicyclic) bond motifs is 1. The van der Waals surface area contributed by atoms with E-state index in [2.05, 4.69) is 5.16 Å². The summed E-state index contributed by atoms with van der Waals surface area (Å²) in [7, 11) is 1.60. The first-order chi connectivity index (χ1) is 11.1. The first-order valence-electron chi connectivity index (χ1n) is 7.79. The van der Waals surface area contributed by atoms with Crippen LogP contribution in [0.25, 0.3) is 0 Å². The number of morpholine rings is 1. The third-order valence-electron chi connectivity index (χ3n) is 4.33. The van der Waals surface area contributed by atoms with Gasteiger partial charge in [-0.15, -0.1) is 0 Å². The molecule has 2 atom stereocenters. The number of aryl methyl sites for hydroxylation is 1. The number of hydrogen-bond donors (Lipinski definition) is 0. The molecule has 3 rings (SSSR count). The molecule has 126 valence electrons. The highest BCUT2D eigenvalue weighted by atomic mass is 16.5. The van der Waals surface area contributed by atoms with Crippen LogP contribution >= 0.6 is 0 Å². The van der Waals surface area contributed by atoms with Gasteiger partial charge in [-0.1, -0.05) is 12.1 Å². The predicted octanol–water partition coefficient (Wildman–Crippen LogP) is -0.0648. The second-order valence-corrected chi connectivity index (χ2v) is 5.74. The number of carbonyl (C=O) groups excluding carboxylic acids is 2. The molecular formula is C15H21N3O5. The van der Waals surface area contributed by atoms with Gasteiger partial charge in [0.2, 0.25) is 5.91 Å². The molecule has 2 aliphatic heterocycles. The lowest BCUT2D eigenvalue weighted by Crippen LogP contribution is -2.54. The highest BCUT2D eigenvalue weighted by Gasteiger charge is 2.44. The van der Waals surface area contributed by atoms with Gasteiger partial charge >= 0.3 is 0 Å². The number of likely N-dealkylation sites (tertiary alicyclic amines) is 1. The minimum atomic E-state index is -0.189. The van der Waals surface area contributed by atoms with Crippen molar-refractivity contribution < 1.29 is 23.6 Å². The Morgan fingerprint density at radius 2 is 2.30 bits per heavy atom. The van der Waals surface area contributed by atoms with E-state index in [9.17, 15) is 9.59 Å². The fourth-order valence-electron chi connectivity index (χ4n) is 3.05. The SMILES string of the molecule is CCc1cc(C(=O)N2C[C@@H]3OCC(=O)N(CCOC)[C@H]3C2)no1. The van der Waals surface area contributed by atoms with E-state index >= 15 is 0 Å². The van der Waals surface area contributed by atoms with Crippen molar-refractivity contribution >= 4 is 11.8 Å². The average molecular weight is 323 g/mol. The summed E-state index contributed by atoms with van der Waals surface area (Å²) >= 11 is 0. The molecule has 2 fully saturated rings. The van der Waals surface area contributed by atoms with Gasteiger partial charge in [-0.2, -0.15) is 0 Å². The summed E-state index contributed by atoms with van der Waals surface area (Å²) in [4.78, 5) is 28.0. The van der Waals surface area contributed by atoms with Gasteiger partial charge < -0.3 is 23.8 Å². The minimum absolute atomic E-state index is 0.0524. The zero-order chi connectivity index (χ0) is 16.4. The van der Waals surface area contributed by atoms with Crippen LogP contribution in [0.5, 0.6) is 0 Å². The number of methoxy groups -OCH3 is 1. The van der Waals surface area contributed by atoms with Gasteiger partial charge in [0.1, 0.15) is 12.4 Å². The van der Waals surface area contributed by atoms with Gasteiger partial charge in [0.25, 0.3) is 5.91 Å². The number of nitrogens with zero attached hydrogens (tertiary/aromatic N) is 3. The van der Waals surface area contributed by atoms with Crippen LogP contribution in [-0.4, -0.2) is 78.9 Å². The van der Waals surface area contributed by atoms with Crippen molar-refractivity contribution in [1.82, 2.24) is 15.0 Å². The Balaban J connectivity index is 1.70. The van der Waals surface area contributed by atoms with Crippen molar-refractivity contribution in [3.63, 3.8) is 0 Å². The molecule has 0 spiro atoms. The zero-order valence-electron chi connectivity index (χ0n) is 13.4. The van der Waals surface area contributed by atoms with Crippen LogP contribution in [0.2, 0.25) is 0 Å². The fraction of sp³-hybridized carbons (Fsp3) is 0.667. The Hall–Kier alpha value is -1.93. The average Bonchev–Trinajstić information content (AvgIpc) is 3.20. The predicted molar refractivity (Wildman–Crippen MR) is 78.9 cm³/mol. The van der Waals surface area contributed by atoms with Crippen LogP contribution < -0.4 is 0 Å². The third-order valence-corrected chi connectivity index (χ3v) is 4.33. The first-order valence-corrected chi connectivity index (χ1v) is 7.79. The maximum Gasteiger partial charge on any atom is 0.276 e. The molecule has 0 aromatic carbocycles. The van der Waals surface area contributed by atoms with Gasteiger partial charge in [-0.25, -0.2) is 0 Å². The molecule has 2 amide bonds. The molecule has 0 saturated carbocycles. The van der Waals surface area contributed by atoms with Crippen molar-refractivity contribution in [2.45, 2.75) is 25.5 Å². The van der Waals surface area contributed by atoms with Crippen molar-refractivity contribution in [2.24, 2.45) is 0 Å². The number of hydrogen-bond acceptors (Lipinski definition) is 6. The van der Waals surface area contributed by atoms with Crippen LogP contribution in [0.3, 0.4) is 0 Å². The maximum absolute atomic E-state index is 12.5. The molecule has 3 heterocycles. The molecule has 8 heteroatoms. The number of aromatic nitrogens is 1. The lowest BCUT2D eigenvalue weighted by molar-refractivity contribution is -0.153. The second kappa shape index (κ2) is 6.67. The first kappa shape index (κ1) is 15.9. The Bertz CT molecular complexity index is 587. The third kappa shape index (κ3) is 3.09. The van der Waals surface area contributed by atoms with Crippen molar-refractivity contribution in [3.8, 4) is 0 Å². The van der Waals surface area contributed by atoms with Crippen molar-refractivity contribution in [3.05, 3.63) is 17.5 Å². The normalized spacial score (nSPS) is 24.2. The van der Waals surface area contributed by atoms with E-state index in [1.165, 1.54) is 0 Å². The Morgan fingerprint density at radius 3 is 3.00 bits per heavy atom. The van der Waals surface area contributed by atoms with E-state index in [1.54, 1.807) is 23.0 Å². The summed E-state index contributed by atoms with van der Waals surface area (Å²) < 4.78 is 15.8. The van der Waals surface area contributed by atoms with E-state index in [0.717, 1.165) is 0 Å². The van der Waals surface area contributed by atoms with E-state index in [-0.39, 0.29) is 30.6 Å². The highest BCUT2D eigenvalue weighted by molar-refractivity contribution is 5.92. The molecule has 1 aromatic heterocycles. The van der Waals surface area contributed by atoms with E-state index in [0.29, 0.717) is 44.1 Å². The molecule has 23 heavy (non-hydrogen) atoms. The van der Waals surface area contributed by atoms with Crippen LogP contribution in [0, 0.1) is 0 Å². The molecule has 0 bridgehead atoms. The number of amides is 2. The molecule has 0 radical (unpaired) electrons. The van der Waals surface area contributed by atoms with Crippen molar-refractivity contribution in [1.29, 1.82) is 0 Å². The van der Waals surface area contributed by atoms with E-state index < -0.39 is 0 Å². The number of ether oxygens (including phenoxy) is 2. The zero-order valence-corrected chi connectivity index (χ0v) is 13.4. The Kier molecular flexibility index (Phi) is 4.63. The second-order valence-electron chi connectivity index (χ2n) is 5.74. The van der Waals surface area contributed by atoms with Gasteiger partial charge in [0.05, 0.1) is 18.8 Å². The highest BCUT2D eigenvalue weighted by Crippen LogP contribution is 2.24. The van der Waals surface area contributed by atoms with Gasteiger partial charge in [0.15, 0.2) is 5.69 Å². The smallest absolute Gasteiger partial charge is 0.276 e. The van der Waals surface area contributed by atoms with Crippen LogP contribution in [-0.2, 0) is 20.7 Å². The van der Waals surface area contributed by atoms with Crippen LogP contribution in [0.4, 0.5) is 0 Å². The topological polar surface area (TPSA) is 85.1 Å². The molecule has 0 aliphatic carbocycles. The number of carbonyl (C=O) groups is 2. The summed E-state index contributed by atoms with van der Waals surface area (Å²) in [6.45, 7) is 3.85. The lowest BCUT2D eigenvalue weighted by atomic mass is 10.1. The monoisotopic (exact) mass is 323 g/mol. The lowest BCUT2D eigenvalue weighted by Gasteiger charge is -2.36. The van der Waals surface area contributed by atoms with Crippen molar-refractivity contribution in [2.75, 3.05) is 40.0 Å². The molecule has 8 nitrogen and oxygen atoms in total. The van der Waals surface area contributed by atoms with Gasteiger partial charge in [-0.05, 0) is 0 Å². The van der Waals surface area contributed by atoms with Gasteiger partial charge in [-0.3, -0.25) is 9.59 Å². The Labute approximate surface area is 134 Å². The minimum Gasteiger partial charge on any atom is -0.383 e. The molecule has 1 aromatic rings. The molecule has 2 saturated heterocycles. The summed E-state index contributed by atoms with van der Waals surface area (Å²) in [6.07, 6.45) is 0.527. The van der Waals surface area contributed by atoms with Crippen LogP contribution in [0.1, 0.15) is 23.2 Å². The molecule has 0 unspecified atom stereocenters. The summed E-state index contributed by atoms with van der Waals surface area (Å²) in [6, 6.07) is 1.53.